The molecule has 0 fully saturated rings. The summed E-state index contributed by atoms with van der Waals surface area (Å²) >= 11 is 0. The smallest absolute Gasteiger partial charge is 0.263 e. The molecule has 1 N–H and O–H groups in total. The van der Waals surface area contributed by atoms with Crippen LogP contribution in [0.1, 0.15) is 27.5 Å². The molecule has 174 valence electrons. The number of nitrogens with zero attached hydrogens (tertiary/aromatic N) is 3. The lowest BCUT2D eigenvalue weighted by molar-refractivity contribution is 0.0930. The number of aromatic nitrogens is 3. The molecule has 0 radical (unpaired) electrons. The molecule has 0 saturated carbocycles. The number of para-hydroxylation sites is 2. The lowest BCUT2D eigenvalue weighted by Crippen LogP contribution is -2.36. The monoisotopic (exact) mass is 466 g/mol. The van der Waals surface area contributed by atoms with E-state index in [1.165, 1.54) is 22.8 Å². The molecule has 7 heteroatoms. The molecule has 1 atom stereocenters. The molecule has 5 aromatic rings. The van der Waals surface area contributed by atoms with E-state index in [-0.39, 0.29) is 16.9 Å². The van der Waals surface area contributed by atoms with E-state index in [4.69, 9.17) is 0 Å². The number of nitrogens with one attached hydrogen (secondary N) is 1. The molecular weight excluding hydrogens is 443 g/mol. The van der Waals surface area contributed by atoms with Crippen LogP contribution < -0.4 is 10.9 Å². The van der Waals surface area contributed by atoms with Crippen LogP contribution in [0.2, 0.25) is 0 Å². The van der Waals surface area contributed by atoms with Crippen molar-refractivity contribution < 1.29 is 9.18 Å². The van der Waals surface area contributed by atoms with Crippen molar-refractivity contribution in [2.45, 2.75) is 19.1 Å². The van der Waals surface area contributed by atoms with E-state index in [2.05, 4.69) is 10.3 Å². The normalized spacial score (nSPS) is 11.9. The van der Waals surface area contributed by atoms with E-state index >= 15 is 0 Å². The van der Waals surface area contributed by atoms with Gasteiger partial charge in [-0.2, -0.15) is 0 Å². The molecule has 0 aliphatic carbocycles. The van der Waals surface area contributed by atoms with Crippen molar-refractivity contribution >= 4 is 16.9 Å². The molecule has 2 aromatic heterocycles. The first-order valence-electron chi connectivity index (χ1n) is 11.3. The Hall–Kier alpha value is -4.52. The van der Waals surface area contributed by atoms with E-state index in [1.54, 1.807) is 30.7 Å². The van der Waals surface area contributed by atoms with Crippen molar-refractivity contribution in [2.24, 2.45) is 0 Å². The second-order valence-corrected chi connectivity index (χ2v) is 8.30. The van der Waals surface area contributed by atoms with Gasteiger partial charge in [-0.25, -0.2) is 9.37 Å². The summed E-state index contributed by atoms with van der Waals surface area (Å²) in [5.41, 5.74) is 3.11. The van der Waals surface area contributed by atoms with Gasteiger partial charge in [-0.15, -0.1) is 0 Å². The minimum atomic E-state index is -0.511. The van der Waals surface area contributed by atoms with Gasteiger partial charge in [0.25, 0.3) is 11.5 Å². The number of carbonyl (C=O) groups is 1. The number of benzene rings is 3. The zero-order valence-electron chi connectivity index (χ0n) is 18.8. The van der Waals surface area contributed by atoms with Crippen LogP contribution in [0, 0.1) is 5.82 Å². The van der Waals surface area contributed by atoms with Gasteiger partial charge in [0, 0.05) is 12.7 Å². The largest absolute Gasteiger partial charge is 0.343 e. The highest BCUT2D eigenvalue weighted by molar-refractivity contribution is 5.94. The Bertz CT molecular complexity index is 1520. The number of pyridine rings is 1. The van der Waals surface area contributed by atoms with Crippen LogP contribution in [0.5, 0.6) is 0 Å². The van der Waals surface area contributed by atoms with E-state index in [0.29, 0.717) is 13.1 Å². The lowest BCUT2D eigenvalue weighted by Gasteiger charge is -2.20. The number of halogens is 1. The first kappa shape index (κ1) is 22.3. The van der Waals surface area contributed by atoms with Gasteiger partial charge in [-0.3, -0.25) is 9.59 Å². The van der Waals surface area contributed by atoms with Crippen LogP contribution in [-0.2, 0) is 13.1 Å². The molecule has 5 rings (SSSR count). The maximum absolute atomic E-state index is 13.6. The Balaban J connectivity index is 1.44. The van der Waals surface area contributed by atoms with Gasteiger partial charge in [-0.05, 0) is 47.5 Å². The fourth-order valence-corrected chi connectivity index (χ4v) is 4.13. The Morgan fingerprint density at radius 3 is 2.43 bits per heavy atom. The summed E-state index contributed by atoms with van der Waals surface area (Å²) in [6.07, 6.45) is 3.38. The van der Waals surface area contributed by atoms with E-state index in [0.717, 1.165) is 22.2 Å². The van der Waals surface area contributed by atoms with Crippen LogP contribution in [0.3, 0.4) is 0 Å². The van der Waals surface area contributed by atoms with Gasteiger partial charge < -0.3 is 14.5 Å². The molecular formula is C28H23FN4O2. The van der Waals surface area contributed by atoms with Crippen molar-refractivity contribution in [3.05, 3.63) is 136 Å². The highest BCUT2D eigenvalue weighted by atomic mass is 19.1. The first-order valence-corrected chi connectivity index (χ1v) is 11.3. The van der Waals surface area contributed by atoms with Gasteiger partial charge in [0.2, 0.25) is 0 Å². The summed E-state index contributed by atoms with van der Waals surface area (Å²) in [5, 5.41) is 2.98. The Kier molecular flexibility index (Phi) is 6.22. The number of fused-ring (bicyclic) bond motifs is 1. The van der Waals surface area contributed by atoms with Crippen molar-refractivity contribution in [1.82, 2.24) is 19.4 Å². The molecule has 0 aliphatic heterocycles. The molecule has 35 heavy (non-hydrogen) atoms. The van der Waals surface area contributed by atoms with E-state index < -0.39 is 11.9 Å². The average molecular weight is 467 g/mol. The van der Waals surface area contributed by atoms with Gasteiger partial charge in [-0.1, -0.05) is 54.6 Å². The van der Waals surface area contributed by atoms with Crippen LogP contribution >= 0.6 is 0 Å². The zero-order chi connectivity index (χ0) is 24.2. The molecule has 0 spiro atoms. The minimum Gasteiger partial charge on any atom is -0.343 e. The minimum absolute atomic E-state index is 0.0473. The standard InChI is InChI=1S/C28H23FN4O2/c29-22-14-12-21(13-15-22)25(18-33-19-30-24-10-4-5-11-26(24)33)31-27(34)23-9-6-16-32(28(23)35)17-20-7-2-1-3-8-20/h1-16,19,25H,17-18H2,(H,31,34). The van der Waals surface area contributed by atoms with Crippen molar-refractivity contribution in [3.8, 4) is 0 Å². The number of amides is 1. The molecule has 1 unspecified atom stereocenters. The van der Waals surface area contributed by atoms with E-state index in [9.17, 15) is 14.0 Å². The van der Waals surface area contributed by atoms with Gasteiger partial charge in [0.1, 0.15) is 11.4 Å². The third-order valence-corrected chi connectivity index (χ3v) is 5.94. The summed E-state index contributed by atoms with van der Waals surface area (Å²) < 4.78 is 17.0. The maximum Gasteiger partial charge on any atom is 0.263 e. The Morgan fingerprint density at radius 2 is 1.63 bits per heavy atom. The van der Waals surface area contributed by atoms with Gasteiger partial charge in [0.15, 0.2) is 0 Å². The summed E-state index contributed by atoms with van der Waals surface area (Å²) in [5.74, 6) is -0.852. The molecule has 0 bridgehead atoms. The topological polar surface area (TPSA) is 68.9 Å². The van der Waals surface area contributed by atoms with Gasteiger partial charge in [0.05, 0.1) is 29.9 Å². The molecule has 1 amide bonds. The van der Waals surface area contributed by atoms with Crippen LogP contribution in [0.15, 0.2) is 108 Å². The molecule has 0 aliphatic rings. The van der Waals surface area contributed by atoms with E-state index in [1.807, 2.05) is 59.2 Å². The number of imidazole rings is 1. The third-order valence-electron chi connectivity index (χ3n) is 5.94. The second kappa shape index (κ2) is 9.77. The Morgan fingerprint density at radius 1 is 0.886 bits per heavy atom. The third kappa shape index (κ3) is 4.89. The number of hydrogen-bond donors (Lipinski definition) is 1. The van der Waals surface area contributed by atoms with Crippen molar-refractivity contribution in [3.63, 3.8) is 0 Å². The predicted molar refractivity (Wildman–Crippen MR) is 133 cm³/mol. The Labute approximate surface area is 201 Å². The summed E-state index contributed by atoms with van der Waals surface area (Å²) in [4.78, 5) is 30.8. The molecule has 0 saturated heterocycles. The quantitative estimate of drug-likeness (QED) is 0.382. The number of rotatable bonds is 7. The molecule has 6 nitrogen and oxygen atoms in total. The first-order chi connectivity index (χ1) is 17.1. The van der Waals surface area contributed by atoms with Crippen LogP contribution in [-0.4, -0.2) is 20.0 Å². The maximum atomic E-state index is 13.6. The van der Waals surface area contributed by atoms with Crippen molar-refractivity contribution in [1.29, 1.82) is 0 Å². The lowest BCUT2D eigenvalue weighted by atomic mass is 10.1. The highest BCUT2D eigenvalue weighted by Gasteiger charge is 2.20. The molecule has 2 heterocycles. The number of hydrogen-bond acceptors (Lipinski definition) is 3. The number of carbonyl (C=O) groups excluding carboxylic acids is 1. The molecule has 3 aromatic carbocycles. The highest BCUT2D eigenvalue weighted by Crippen LogP contribution is 2.20. The van der Waals surface area contributed by atoms with Gasteiger partial charge >= 0.3 is 0 Å². The van der Waals surface area contributed by atoms with Crippen LogP contribution in [0.25, 0.3) is 11.0 Å². The van der Waals surface area contributed by atoms with Crippen LogP contribution in [0.4, 0.5) is 4.39 Å². The zero-order valence-corrected chi connectivity index (χ0v) is 18.8. The summed E-state index contributed by atoms with van der Waals surface area (Å²) in [6.45, 7) is 0.728. The fraction of sp³-hybridized carbons (Fsp3) is 0.107. The van der Waals surface area contributed by atoms with Crippen molar-refractivity contribution in [2.75, 3.05) is 0 Å². The second-order valence-electron chi connectivity index (χ2n) is 8.30. The average Bonchev–Trinajstić information content (AvgIpc) is 3.29. The SMILES string of the molecule is O=C(NC(Cn1cnc2ccccc21)c1ccc(F)cc1)c1cccn(Cc2ccccc2)c1=O. The predicted octanol–water partition coefficient (Wildman–Crippen LogP) is 4.56. The summed E-state index contributed by atoms with van der Waals surface area (Å²) in [6, 6.07) is 26.0. The fourth-order valence-electron chi connectivity index (χ4n) is 4.13. The summed E-state index contributed by atoms with van der Waals surface area (Å²) in [7, 11) is 0.